The lowest BCUT2D eigenvalue weighted by Crippen LogP contribution is -2.45. The molecule has 39 heavy (non-hydrogen) atoms. The molecule has 11 heteroatoms. The fourth-order valence-corrected chi connectivity index (χ4v) is 5.90. The maximum absolute atomic E-state index is 13.3. The fraction of sp³-hybridized carbons (Fsp3) is 0.500. The highest BCUT2D eigenvalue weighted by molar-refractivity contribution is 7.90. The average molecular weight is 559 g/mol. The number of hydrogen-bond donors (Lipinski definition) is 2. The Labute approximate surface area is 230 Å². The molecule has 0 spiro atoms. The molecule has 1 aliphatic carbocycles. The Balaban J connectivity index is 1.78. The Morgan fingerprint density at radius 3 is 2.36 bits per heavy atom. The van der Waals surface area contributed by atoms with Gasteiger partial charge in [0.05, 0.1) is 9.82 Å². The zero-order chi connectivity index (χ0) is 28.6. The summed E-state index contributed by atoms with van der Waals surface area (Å²) in [6.45, 7) is 4.79. The summed E-state index contributed by atoms with van der Waals surface area (Å²) in [4.78, 5) is 39.2. The number of carbonyl (C=O) groups is 2. The molecule has 2 amide bonds. The van der Waals surface area contributed by atoms with E-state index in [0.717, 1.165) is 38.5 Å². The van der Waals surface area contributed by atoms with Crippen molar-refractivity contribution in [3.8, 4) is 0 Å². The van der Waals surface area contributed by atoms with E-state index in [1.807, 2.05) is 4.90 Å². The first-order valence-corrected chi connectivity index (χ1v) is 14.9. The van der Waals surface area contributed by atoms with E-state index in [0.29, 0.717) is 18.2 Å². The van der Waals surface area contributed by atoms with E-state index in [1.165, 1.54) is 18.2 Å². The van der Waals surface area contributed by atoms with Crippen molar-refractivity contribution in [3.05, 3.63) is 64.2 Å². The number of amides is 2. The van der Waals surface area contributed by atoms with Crippen LogP contribution in [0, 0.1) is 22.0 Å². The van der Waals surface area contributed by atoms with E-state index in [-0.39, 0.29) is 28.5 Å². The average Bonchev–Trinajstić information content (AvgIpc) is 2.91. The largest absolute Gasteiger partial charge is 0.369 e. The predicted molar refractivity (Wildman–Crippen MR) is 150 cm³/mol. The van der Waals surface area contributed by atoms with Crippen LogP contribution in [0.15, 0.2) is 53.4 Å². The first-order valence-electron chi connectivity index (χ1n) is 13.4. The van der Waals surface area contributed by atoms with Crippen molar-refractivity contribution in [1.82, 2.24) is 10.0 Å². The maximum Gasteiger partial charge on any atom is 0.293 e. The van der Waals surface area contributed by atoms with Crippen LogP contribution < -0.4 is 14.9 Å². The first-order chi connectivity index (χ1) is 18.5. The molecule has 1 saturated carbocycles. The molecule has 10 nitrogen and oxygen atoms in total. The van der Waals surface area contributed by atoms with Crippen molar-refractivity contribution in [3.63, 3.8) is 0 Å². The van der Waals surface area contributed by atoms with Crippen LogP contribution in [0.1, 0.15) is 69.2 Å². The van der Waals surface area contributed by atoms with Crippen molar-refractivity contribution >= 4 is 33.2 Å². The Morgan fingerprint density at radius 1 is 1.08 bits per heavy atom. The topological polar surface area (TPSA) is 139 Å². The molecule has 0 heterocycles. The number of nitrogens with one attached hydrogen (secondary N) is 2. The van der Waals surface area contributed by atoms with Gasteiger partial charge in [-0.3, -0.25) is 19.7 Å². The summed E-state index contributed by atoms with van der Waals surface area (Å²) in [5.74, 6) is -0.830. The van der Waals surface area contributed by atoms with Gasteiger partial charge in [-0.25, -0.2) is 13.1 Å². The highest BCUT2D eigenvalue weighted by Crippen LogP contribution is 2.31. The van der Waals surface area contributed by atoms with E-state index < -0.39 is 32.8 Å². The van der Waals surface area contributed by atoms with Crippen molar-refractivity contribution in [1.29, 1.82) is 0 Å². The highest BCUT2D eigenvalue weighted by atomic mass is 32.2. The number of rotatable bonds is 12. The van der Waals surface area contributed by atoms with Crippen LogP contribution in [0.5, 0.6) is 0 Å². The third-order valence-electron chi connectivity index (χ3n) is 7.13. The van der Waals surface area contributed by atoms with Crippen LogP contribution >= 0.6 is 0 Å². The van der Waals surface area contributed by atoms with Crippen LogP contribution in [0.2, 0.25) is 0 Å². The molecular formula is C28H38N4O6S. The molecular weight excluding hydrogens is 520 g/mol. The van der Waals surface area contributed by atoms with Crippen LogP contribution in [0.3, 0.4) is 0 Å². The van der Waals surface area contributed by atoms with Gasteiger partial charge in [-0.05, 0) is 55.4 Å². The molecule has 2 N–H and O–H groups in total. The van der Waals surface area contributed by atoms with E-state index in [1.54, 1.807) is 37.4 Å². The van der Waals surface area contributed by atoms with Gasteiger partial charge >= 0.3 is 0 Å². The second-order valence-electron chi connectivity index (χ2n) is 10.6. The molecule has 1 aliphatic rings. The van der Waals surface area contributed by atoms with Crippen LogP contribution in [-0.4, -0.2) is 44.8 Å². The maximum atomic E-state index is 13.3. The smallest absolute Gasteiger partial charge is 0.293 e. The molecule has 1 unspecified atom stereocenters. The lowest BCUT2D eigenvalue weighted by Gasteiger charge is -2.30. The second kappa shape index (κ2) is 13.5. The molecule has 0 saturated heterocycles. The van der Waals surface area contributed by atoms with E-state index >= 15 is 0 Å². The number of hydrogen-bond acceptors (Lipinski definition) is 7. The predicted octanol–water partition coefficient (Wildman–Crippen LogP) is 4.65. The zero-order valence-corrected chi connectivity index (χ0v) is 23.6. The molecule has 0 aromatic heterocycles. The SMILES string of the molecule is CC(C)CCN(C)c1ccc(C(=O)NC(CC(=O)NS(=O)(=O)c2ccccc2)C2CCCCC2)cc1[N+](=O)[O-]. The minimum absolute atomic E-state index is 0.00990. The molecule has 0 aliphatic heterocycles. The molecule has 1 fully saturated rings. The molecule has 0 radical (unpaired) electrons. The lowest BCUT2D eigenvalue weighted by atomic mass is 9.82. The number of carbonyl (C=O) groups excluding carboxylic acids is 2. The van der Waals surface area contributed by atoms with Crippen LogP contribution in [-0.2, 0) is 14.8 Å². The van der Waals surface area contributed by atoms with Gasteiger partial charge in [0, 0.05) is 37.7 Å². The fourth-order valence-electron chi connectivity index (χ4n) is 4.88. The molecule has 1 atom stereocenters. The van der Waals surface area contributed by atoms with Crippen molar-refractivity contribution < 1.29 is 22.9 Å². The van der Waals surface area contributed by atoms with Gasteiger partial charge in [-0.2, -0.15) is 0 Å². The van der Waals surface area contributed by atoms with Gasteiger partial charge in [0.2, 0.25) is 5.91 Å². The van der Waals surface area contributed by atoms with Crippen molar-refractivity contribution in [2.75, 3.05) is 18.5 Å². The van der Waals surface area contributed by atoms with Gasteiger partial charge in [0.1, 0.15) is 5.69 Å². The number of anilines is 1. The highest BCUT2D eigenvalue weighted by Gasteiger charge is 2.30. The number of nitro groups is 1. The van der Waals surface area contributed by atoms with Crippen LogP contribution in [0.25, 0.3) is 0 Å². The van der Waals surface area contributed by atoms with E-state index in [4.69, 9.17) is 0 Å². The van der Waals surface area contributed by atoms with E-state index in [2.05, 4.69) is 23.9 Å². The summed E-state index contributed by atoms with van der Waals surface area (Å²) < 4.78 is 27.4. The molecule has 2 aromatic rings. The standard InChI is InChI=1S/C28H38N4O6S/c1-20(2)16-17-31(3)25-15-14-22(18-26(25)32(35)36)28(34)29-24(21-10-6-4-7-11-21)19-27(33)30-39(37,38)23-12-8-5-9-13-23/h5,8-9,12-15,18,20-21,24H,4,6-7,10-11,16-17,19H2,1-3H3,(H,29,34)(H,30,33). The minimum atomic E-state index is -4.05. The summed E-state index contributed by atoms with van der Waals surface area (Å²) >= 11 is 0. The molecule has 3 rings (SSSR count). The summed E-state index contributed by atoms with van der Waals surface area (Å²) in [6, 6.07) is 11.4. The van der Waals surface area contributed by atoms with Gasteiger partial charge in [0.15, 0.2) is 0 Å². The minimum Gasteiger partial charge on any atom is -0.369 e. The number of sulfonamides is 1. The van der Waals surface area contributed by atoms with Gasteiger partial charge in [0.25, 0.3) is 21.6 Å². The lowest BCUT2D eigenvalue weighted by molar-refractivity contribution is -0.384. The summed E-state index contributed by atoms with van der Waals surface area (Å²) in [6.07, 6.45) is 5.19. The summed E-state index contributed by atoms with van der Waals surface area (Å²) in [5.41, 5.74) is 0.363. The molecule has 2 aromatic carbocycles. The molecule has 0 bridgehead atoms. The second-order valence-corrected chi connectivity index (χ2v) is 12.3. The Bertz CT molecular complexity index is 1260. The number of benzene rings is 2. The Hall–Kier alpha value is -3.47. The zero-order valence-electron chi connectivity index (χ0n) is 22.8. The van der Waals surface area contributed by atoms with Crippen molar-refractivity contribution in [2.24, 2.45) is 11.8 Å². The van der Waals surface area contributed by atoms with Gasteiger partial charge < -0.3 is 10.2 Å². The monoisotopic (exact) mass is 558 g/mol. The number of nitrogens with zero attached hydrogens (tertiary/aromatic N) is 2. The van der Waals surface area contributed by atoms with Gasteiger partial charge in [-0.15, -0.1) is 0 Å². The number of nitro benzene ring substituents is 1. The van der Waals surface area contributed by atoms with Gasteiger partial charge in [-0.1, -0.05) is 51.3 Å². The quantitative estimate of drug-likeness (QED) is 0.286. The van der Waals surface area contributed by atoms with E-state index in [9.17, 15) is 28.1 Å². The van der Waals surface area contributed by atoms with Crippen LogP contribution in [0.4, 0.5) is 11.4 Å². The third-order valence-corrected chi connectivity index (χ3v) is 8.52. The Morgan fingerprint density at radius 2 is 1.74 bits per heavy atom. The van der Waals surface area contributed by atoms with Crippen molar-refractivity contribution in [2.45, 2.75) is 69.7 Å². The first kappa shape index (κ1) is 30.1. The Kier molecular flexibility index (Phi) is 10.4. The third kappa shape index (κ3) is 8.51. The molecule has 212 valence electrons. The normalized spacial score (nSPS) is 15.0. The summed E-state index contributed by atoms with van der Waals surface area (Å²) in [7, 11) is -2.26. The summed E-state index contributed by atoms with van der Waals surface area (Å²) in [5, 5.41) is 14.7.